The van der Waals surface area contributed by atoms with E-state index in [-0.39, 0.29) is 5.69 Å². The summed E-state index contributed by atoms with van der Waals surface area (Å²) in [4.78, 5) is 10.6. The molecule has 0 saturated carbocycles. The Morgan fingerprint density at radius 1 is 1.44 bits per heavy atom. The van der Waals surface area contributed by atoms with Gasteiger partial charge in [-0.1, -0.05) is 5.16 Å². The maximum Gasteiger partial charge on any atom is 0.358 e. The number of nitrogens with one attached hydrogen (secondary N) is 1. The fourth-order valence-electron chi connectivity index (χ4n) is 1.35. The van der Waals surface area contributed by atoms with Gasteiger partial charge in [-0.15, -0.1) is 0 Å². The molecule has 0 aliphatic rings. The van der Waals surface area contributed by atoms with Crippen LogP contribution >= 0.6 is 0 Å². The third-order valence-corrected chi connectivity index (χ3v) is 2.26. The van der Waals surface area contributed by atoms with E-state index in [9.17, 15) is 4.79 Å². The first-order valence-electron chi connectivity index (χ1n) is 5.12. The van der Waals surface area contributed by atoms with Gasteiger partial charge in [0, 0.05) is 11.8 Å². The van der Waals surface area contributed by atoms with Gasteiger partial charge in [-0.3, -0.25) is 0 Å². The van der Waals surface area contributed by atoms with E-state index in [4.69, 9.17) is 14.9 Å². The van der Waals surface area contributed by atoms with Gasteiger partial charge in [-0.25, -0.2) is 4.79 Å². The van der Waals surface area contributed by atoms with E-state index in [1.807, 2.05) is 6.07 Å². The normalized spacial score (nSPS) is 9.72. The number of carbonyl (C=O) groups is 1. The lowest BCUT2D eigenvalue weighted by molar-refractivity contribution is 0.0685. The first kappa shape index (κ1) is 11.7. The maximum atomic E-state index is 10.6. The Morgan fingerprint density at radius 2 is 2.17 bits per heavy atom. The van der Waals surface area contributed by atoms with Gasteiger partial charge in [0.25, 0.3) is 0 Å². The fourth-order valence-corrected chi connectivity index (χ4v) is 1.35. The highest BCUT2D eigenvalue weighted by molar-refractivity contribution is 5.85. The van der Waals surface area contributed by atoms with Crippen molar-refractivity contribution < 1.29 is 14.4 Å². The minimum absolute atomic E-state index is 0.119. The van der Waals surface area contributed by atoms with Crippen molar-refractivity contribution in [2.45, 2.75) is 6.54 Å². The van der Waals surface area contributed by atoms with Gasteiger partial charge >= 0.3 is 5.97 Å². The monoisotopic (exact) mass is 243 g/mol. The molecule has 0 atom stereocenters. The molecule has 0 saturated heterocycles. The number of carboxylic acid groups (broad SMARTS) is 1. The third kappa shape index (κ3) is 2.65. The van der Waals surface area contributed by atoms with Crippen LogP contribution in [0.25, 0.3) is 0 Å². The van der Waals surface area contributed by atoms with Crippen molar-refractivity contribution in [3.8, 4) is 6.07 Å². The molecule has 0 radical (unpaired) electrons. The predicted octanol–water partition coefficient (Wildman–Crippen LogP) is 1.86. The minimum atomic E-state index is -1.12. The third-order valence-electron chi connectivity index (χ3n) is 2.26. The number of hydrogen-bond donors (Lipinski definition) is 2. The second kappa shape index (κ2) is 5.01. The first-order chi connectivity index (χ1) is 8.69. The molecule has 2 aromatic rings. The zero-order valence-corrected chi connectivity index (χ0v) is 9.25. The van der Waals surface area contributed by atoms with Crippen molar-refractivity contribution in [3.63, 3.8) is 0 Å². The standard InChI is InChI=1S/C12H9N3O3/c13-6-8-1-3-9(4-2-8)14-7-10-5-11(12(16)17)15-18-10/h1-5,14H,7H2,(H,16,17). The molecule has 6 nitrogen and oxygen atoms in total. The van der Waals surface area contributed by atoms with Gasteiger partial charge in [0.1, 0.15) is 0 Å². The van der Waals surface area contributed by atoms with E-state index in [2.05, 4.69) is 10.5 Å². The lowest BCUT2D eigenvalue weighted by atomic mass is 10.2. The molecule has 0 spiro atoms. The lowest BCUT2D eigenvalue weighted by Crippen LogP contribution is -1.98. The summed E-state index contributed by atoms with van der Waals surface area (Å²) >= 11 is 0. The SMILES string of the molecule is N#Cc1ccc(NCc2cc(C(=O)O)no2)cc1. The molecule has 90 valence electrons. The van der Waals surface area contributed by atoms with Crippen molar-refractivity contribution in [2.75, 3.05) is 5.32 Å². The Bertz CT molecular complexity index is 596. The molecule has 0 fully saturated rings. The fraction of sp³-hybridized carbons (Fsp3) is 0.0833. The molecule has 18 heavy (non-hydrogen) atoms. The molecule has 0 aliphatic heterocycles. The number of aromatic carboxylic acids is 1. The van der Waals surface area contributed by atoms with Crippen LogP contribution in [0.1, 0.15) is 21.8 Å². The summed E-state index contributed by atoms with van der Waals surface area (Å²) in [6, 6.07) is 10.3. The van der Waals surface area contributed by atoms with Crippen molar-refractivity contribution in [2.24, 2.45) is 0 Å². The van der Waals surface area contributed by atoms with Crippen molar-refractivity contribution in [3.05, 3.63) is 47.3 Å². The first-order valence-corrected chi connectivity index (χ1v) is 5.12. The van der Waals surface area contributed by atoms with Gasteiger partial charge < -0.3 is 14.9 Å². The molecule has 0 unspecified atom stereocenters. The van der Waals surface area contributed by atoms with E-state index in [1.165, 1.54) is 6.07 Å². The lowest BCUT2D eigenvalue weighted by Gasteiger charge is -2.02. The zero-order chi connectivity index (χ0) is 13.0. The molecule has 2 N–H and O–H groups in total. The average molecular weight is 243 g/mol. The molecule has 1 aromatic heterocycles. The Balaban J connectivity index is 1.98. The number of carboxylic acids is 1. The number of hydrogen-bond acceptors (Lipinski definition) is 5. The Hall–Kier alpha value is -2.81. The van der Waals surface area contributed by atoms with E-state index < -0.39 is 5.97 Å². The van der Waals surface area contributed by atoms with Crippen LogP contribution in [0.4, 0.5) is 5.69 Å². The van der Waals surface area contributed by atoms with Gasteiger partial charge in [-0.05, 0) is 24.3 Å². The van der Waals surface area contributed by atoms with E-state index in [0.717, 1.165) is 5.69 Å². The minimum Gasteiger partial charge on any atom is -0.476 e. The topological polar surface area (TPSA) is 99.2 Å². The highest BCUT2D eigenvalue weighted by atomic mass is 16.5. The molecular formula is C12H9N3O3. The largest absolute Gasteiger partial charge is 0.476 e. The molecule has 2 rings (SSSR count). The van der Waals surface area contributed by atoms with Crippen molar-refractivity contribution in [1.82, 2.24) is 5.16 Å². The number of aromatic nitrogens is 1. The van der Waals surface area contributed by atoms with Gasteiger partial charge in [-0.2, -0.15) is 5.26 Å². The van der Waals surface area contributed by atoms with Crippen LogP contribution in [0.2, 0.25) is 0 Å². The summed E-state index contributed by atoms with van der Waals surface area (Å²) in [7, 11) is 0. The molecule has 0 bridgehead atoms. The van der Waals surface area contributed by atoms with Crippen LogP contribution < -0.4 is 5.32 Å². The molecule has 1 aromatic carbocycles. The second-order valence-electron chi connectivity index (χ2n) is 3.53. The van der Waals surface area contributed by atoms with Crippen LogP contribution in [0.15, 0.2) is 34.9 Å². The molecule has 1 heterocycles. The Kier molecular flexibility index (Phi) is 3.25. The zero-order valence-electron chi connectivity index (χ0n) is 9.25. The summed E-state index contributed by atoms with van der Waals surface area (Å²) in [5.41, 5.74) is 1.27. The van der Waals surface area contributed by atoms with Crippen LogP contribution in [-0.4, -0.2) is 16.2 Å². The quantitative estimate of drug-likeness (QED) is 0.850. The van der Waals surface area contributed by atoms with Crippen LogP contribution in [0.3, 0.4) is 0 Å². The smallest absolute Gasteiger partial charge is 0.358 e. The number of anilines is 1. The summed E-state index contributed by atoms with van der Waals surface area (Å²) in [6.07, 6.45) is 0. The summed E-state index contributed by atoms with van der Waals surface area (Å²) in [5.74, 6) is -0.694. The van der Waals surface area contributed by atoms with Crippen LogP contribution in [-0.2, 0) is 6.54 Å². The molecule has 0 aliphatic carbocycles. The summed E-state index contributed by atoms with van der Waals surface area (Å²) in [5, 5.41) is 23.7. The maximum absolute atomic E-state index is 10.6. The van der Waals surface area contributed by atoms with Gasteiger partial charge in [0.15, 0.2) is 11.5 Å². The number of rotatable bonds is 4. The van der Waals surface area contributed by atoms with E-state index in [1.54, 1.807) is 24.3 Å². The Labute approximate surface area is 102 Å². The van der Waals surface area contributed by atoms with Crippen LogP contribution in [0, 0.1) is 11.3 Å². The predicted molar refractivity (Wildman–Crippen MR) is 61.9 cm³/mol. The molecular weight excluding hydrogens is 234 g/mol. The average Bonchev–Trinajstić information content (AvgIpc) is 2.86. The highest BCUT2D eigenvalue weighted by Gasteiger charge is 2.10. The Morgan fingerprint density at radius 3 is 2.72 bits per heavy atom. The molecule has 0 amide bonds. The second-order valence-corrected chi connectivity index (χ2v) is 3.53. The summed E-state index contributed by atoms with van der Waals surface area (Å²) in [6.45, 7) is 0.326. The van der Waals surface area contributed by atoms with Crippen molar-refractivity contribution in [1.29, 1.82) is 5.26 Å². The van der Waals surface area contributed by atoms with Crippen molar-refractivity contribution >= 4 is 11.7 Å². The van der Waals surface area contributed by atoms with Crippen LogP contribution in [0.5, 0.6) is 0 Å². The summed E-state index contributed by atoms with van der Waals surface area (Å²) < 4.78 is 4.85. The number of nitrogens with zero attached hydrogens (tertiary/aromatic N) is 2. The highest BCUT2D eigenvalue weighted by Crippen LogP contribution is 2.11. The van der Waals surface area contributed by atoms with Gasteiger partial charge in [0.05, 0.1) is 18.2 Å². The molecule has 6 heteroatoms. The van der Waals surface area contributed by atoms with E-state index in [0.29, 0.717) is 17.9 Å². The number of nitriles is 1. The van der Waals surface area contributed by atoms with Gasteiger partial charge in [0.2, 0.25) is 0 Å². The number of benzene rings is 1. The van der Waals surface area contributed by atoms with E-state index >= 15 is 0 Å².